The number of ketones is 1. The Balaban J connectivity index is 1.63. The Morgan fingerprint density at radius 1 is 0.839 bits per heavy atom. The van der Waals surface area contributed by atoms with E-state index in [2.05, 4.69) is 4.72 Å². The monoisotopic (exact) mass is 437 g/mol. The standard InChI is InChI=1S/C24H23NO5S/c1-18-11-13-20(14-12-18)31(28,29)25-22-10-6-5-9-21(22)23(26)15-16-24(27)30-17-19-7-3-2-4-8-19/h2-14,25H,15-17H2,1H3. The highest BCUT2D eigenvalue weighted by molar-refractivity contribution is 7.92. The molecule has 0 heterocycles. The van der Waals surface area contributed by atoms with Gasteiger partial charge in [-0.15, -0.1) is 0 Å². The fourth-order valence-electron chi connectivity index (χ4n) is 2.90. The van der Waals surface area contributed by atoms with E-state index < -0.39 is 16.0 Å². The Labute approximate surface area is 181 Å². The Bertz CT molecular complexity index is 1160. The molecule has 0 fully saturated rings. The van der Waals surface area contributed by atoms with Crippen LogP contribution in [0.4, 0.5) is 5.69 Å². The predicted octanol–water partition coefficient (Wildman–Crippen LogP) is 4.50. The Morgan fingerprint density at radius 2 is 1.48 bits per heavy atom. The molecule has 31 heavy (non-hydrogen) atoms. The number of hydrogen-bond donors (Lipinski definition) is 1. The first-order valence-corrected chi connectivity index (χ1v) is 11.2. The van der Waals surface area contributed by atoms with E-state index in [1.165, 1.54) is 24.3 Å². The number of rotatable bonds is 9. The van der Waals surface area contributed by atoms with Gasteiger partial charge in [0.25, 0.3) is 10.0 Å². The number of anilines is 1. The van der Waals surface area contributed by atoms with E-state index in [-0.39, 0.29) is 41.4 Å². The number of ether oxygens (including phenoxy) is 1. The van der Waals surface area contributed by atoms with Crippen molar-refractivity contribution in [3.8, 4) is 0 Å². The van der Waals surface area contributed by atoms with E-state index in [1.807, 2.05) is 37.3 Å². The summed E-state index contributed by atoms with van der Waals surface area (Å²) in [5.74, 6) is -0.839. The first kappa shape index (κ1) is 22.2. The lowest BCUT2D eigenvalue weighted by Crippen LogP contribution is -2.16. The van der Waals surface area contributed by atoms with Gasteiger partial charge in [0, 0.05) is 12.0 Å². The molecule has 6 nitrogen and oxygen atoms in total. The average molecular weight is 438 g/mol. The van der Waals surface area contributed by atoms with Crippen LogP contribution >= 0.6 is 0 Å². The summed E-state index contributed by atoms with van der Waals surface area (Å²) in [7, 11) is -3.85. The highest BCUT2D eigenvalue weighted by Crippen LogP contribution is 2.22. The molecule has 3 rings (SSSR count). The summed E-state index contributed by atoms with van der Waals surface area (Å²) in [5, 5.41) is 0. The fourth-order valence-corrected chi connectivity index (χ4v) is 3.98. The molecule has 1 N–H and O–H groups in total. The van der Waals surface area contributed by atoms with E-state index >= 15 is 0 Å². The maximum atomic E-state index is 12.7. The van der Waals surface area contributed by atoms with Crippen molar-refractivity contribution in [2.75, 3.05) is 4.72 Å². The number of nitrogens with one attached hydrogen (secondary N) is 1. The first-order chi connectivity index (χ1) is 14.8. The molecule has 0 saturated carbocycles. The summed E-state index contributed by atoms with van der Waals surface area (Å²) < 4.78 is 33.0. The third-order valence-corrected chi connectivity index (χ3v) is 5.98. The van der Waals surface area contributed by atoms with Crippen molar-refractivity contribution >= 4 is 27.5 Å². The number of sulfonamides is 1. The van der Waals surface area contributed by atoms with Crippen LogP contribution < -0.4 is 4.72 Å². The predicted molar refractivity (Wildman–Crippen MR) is 118 cm³/mol. The van der Waals surface area contributed by atoms with E-state index in [4.69, 9.17) is 4.74 Å². The molecule has 7 heteroatoms. The van der Waals surface area contributed by atoms with Crippen molar-refractivity contribution in [1.82, 2.24) is 0 Å². The fraction of sp³-hybridized carbons (Fsp3) is 0.167. The van der Waals surface area contributed by atoms with Crippen molar-refractivity contribution in [2.45, 2.75) is 31.3 Å². The molecule has 0 aliphatic rings. The van der Waals surface area contributed by atoms with Gasteiger partial charge in [-0.1, -0.05) is 60.2 Å². The SMILES string of the molecule is Cc1ccc(S(=O)(=O)Nc2ccccc2C(=O)CCC(=O)OCc2ccccc2)cc1. The smallest absolute Gasteiger partial charge is 0.306 e. The molecule has 0 radical (unpaired) electrons. The van der Waals surface area contributed by atoms with Gasteiger partial charge in [0.2, 0.25) is 0 Å². The molecule has 0 saturated heterocycles. The molecule has 0 aliphatic heterocycles. The van der Waals surface area contributed by atoms with E-state index in [1.54, 1.807) is 24.3 Å². The summed E-state index contributed by atoms with van der Waals surface area (Å²) in [6.45, 7) is 2.00. The molecule has 0 spiro atoms. The second-order valence-corrected chi connectivity index (χ2v) is 8.72. The minimum atomic E-state index is -3.85. The number of carbonyl (C=O) groups is 2. The maximum absolute atomic E-state index is 12.7. The molecule has 0 aromatic heterocycles. The van der Waals surface area contributed by atoms with Crippen LogP contribution in [0.3, 0.4) is 0 Å². The minimum absolute atomic E-state index is 0.0864. The molecular formula is C24H23NO5S. The minimum Gasteiger partial charge on any atom is -0.461 e. The van der Waals surface area contributed by atoms with Crippen molar-refractivity contribution in [3.05, 3.63) is 95.6 Å². The number of esters is 1. The van der Waals surface area contributed by atoms with Crippen LogP contribution in [-0.4, -0.2) is 20.2 Å². The highest BCUT2D eigenvalue weighted by atomic mass is 32.2. The molecule has 0 aliphatic carbocycles. The van der Waals surface area contributed by atoms with E-state index in [0.717, 1.165) is 11.1 Å². The average Bonchev–Trinajstić information content (AvgIpc) is 2.77. The molecule has 3 aromatic carbocycles. The number of aryl methyl sites for hydroxylation is 1. The van der Waals surface area contributed by atoms with Crippen molar-refractivity contribution in [1.29, 1.82) is 0 Å². The van der Waals surface area contributed by atoms with Gasteiger partial charge in [-0.2, -0.15) is 0 Å². The quantitative estimate of drug-likeness (QED) is 0.393. The zero-order chi connectivity index (χ0) is 22.3. The molecule has 0 unspecified atom stereocenters. The number of para-hydroxylation sites is 1. The van der Waals surface area contributed by atoms with Crippen LogP contribution in [0.15, 0.2) is 83.8 Å². The molecule has 0 amide bonds. The second-order valence-electron chi connectivity index (χ2n) is 7.03. The number of benzene rings is 3. The third-order valence-electron chi connectivity index (χ3n) is 4.60. The molecular weight excluding hydrogens is 414 g/mol. The first-order valence-electron chi connectivity index (χ1n) is 9.76. The van der Waals surface area contributed by atoms with Gasteiger partial charge in [0.05, 0.1) is 17.0 Å². The lowest BCUT2D eigenvalue weighted by atomic mass is 10.1. The van der Waals surface area contributed by atoms with Gasteiger partial charge in [-0.25, -0.2) is 8.42 Å². The van der Waals surface area contributed by atoms with Gasteiger partial charge in [0.15, 0.2) is 5.78 Å². The molecule has 160 valence electrons. The van der Waals surface area contributed by atoms with Crippen molar-refractivity contribution in [3.63, 3.8) is 0 Å². The zero-order valence-electron chi connectivity index (χ0n) is 17.1. The lowest BCUT2D eigenvalue weighted by Gasteiger charge is -2.12. The number of hydrogen-bond acceptors (Lipinski definition) is 5. The Morgan fingerprint density at radius 3 is 2.19 bits per heavy atom. The van der Waals surface area contributed by atoms with Crippen LogP contribution in [0, 0.1) is 6.92 Å². The Hall–Kier alpha value is -3.45. The topological polar surface area (TPSA) is 89.5 Å². The molecule has 0 bridgehead atoms. The van der Waals surface area contributed by atoms with Gasteiger partial charge in [0.1, 0.15) is 6.61 Å². The van der Waals surface area contributed by atoms with Gasteiger partial charge < -0.3 is 4.74 Å². The summed E-state index contributed by atoms with van der Waals surface area (Å²) in [5.41, 5.74) is 2.17. The summed E-state index contributed by atoms with van der Waals surface area (Å²) in [6, 6.07) is 22.0. The molecule has 3 aromatic rings. The van der Waals surface area contributed by atoms with Crippen LogP contribution in [0.1, 0.15) is 34.3 Å². The maximum Gasteiger partial charge on any atom is 0.306 e. The lowest BCUT2D eigenvalue weighted by molar-refractivity contribution is -0.144. The highest BCUT2D eigenvalue weighted by Gasteiger charge is 2.19. The Kier molecular flexibility index (Phi) is 7.20. The summed E-state index contributed by atoms with van der Waals surface area (Å²) >= 11 is 0. The van der Waals surface area contributed by atoms with Crippen LogP contribution in [-0.2, 0) is 26.2 Å². The number of Topliss-reactive ketones (excluding diaryl/α,β-unsaturated/α-hetero) is 1. The van der Waals surface area contributed by atoms with E-state index in [9.17, 15) is 18.0 Å². The largest absolute Gasteiger partial charge is 0.461 e. The summed E-state index contributed by atoms with van der Waals surface area (Å²) in [6.07, 6.45) is -0.179. The third kappa shape index (κ3) is 6.26. The van der Waals surface area contributed by atoms with Crippen LogP contribution in [0.25, 0.3) is 0 Å². The zero-order valence-corrected chi connectivity index (χ0v) is 17.9. The molecule has 0 atom stereocenters. The normalized spacial score (nSPS) is 11.0. The van der Waals surface area contributed by atoms with Gasteiger partial charge in [-0.3, -0.25) is 14.3 Å². The van der Waals surface area contributed by atoms with Crippen molar-refractivity contribution < 1.29 is 22.7 Å². The van der Waals surface area contributed by atoms with Gasteiger partial charge >= 0.3 is 5.97 Å². The second kappa shape index (κ2) is 10.0. The van der Waals surface area contributed by atoms with Crippen LogP contribution in [0.2, 0.25) is 0 Å². The summed E-state index contributed by atoms with van der Waals surface area (Å²) in [4.78, 5) is 24.8. The van der Waals surface area contributed by atoms with Gasteiger partial charge in [-0.05, 0) is 36.8 Å². The van der Waals surface area contributed by atoms with Crippen LogP contribution in [0.5, 0.6) is 0 Å². The van der Waals surface area contributed by atoms with E-state index in [0.29, 0.717) is 0 Å². The number of carbonyl (C=O) groups excluding carboxylic acids is 2. The van der Waals surface area contributed by atoms with Crippen molar-refractivity contribution in [2.24, 2.45) is 0 Å².